The van der Waals surface area contributed by atoms with Crippen molar-refractivity contribution in [3.8, 4) is 0 Å². The highest BCUT2D eigenvalue weighted by atomic mass is 19.4. The lowest BCUT2D eigenvalue weighted by Gasteiger charge is -2.26. The molecule has 3 rings (SSSR count). The molecular weight excluding hydrogens is 319 g/mol. The van der Waals surface area contributed by atoms with Crippen molar-refractivity contribution >= 4 is 5.91 Å². The normalized spacial score (nSPS) is 17.4. The average Bonchev–Trinajstić information content (AvgIpc) is 3.00. The highest BCUT2D eigenvalue weighted by Crippen LogP contribution is 2.33. The molecule has 1 atom stereocenters. The second-order valence-corrected chi connectivity index (χ2v) is 5.84. The SMILES string of the molecule is CCn1ncc(C(=O)NC2CCCc3ccccc32)c1C(F)(F)F. The fourth-order valence-electron chi connectivity index (χ4n) is 3.23. The summed E-state index contributed by atoms with van der Waals surface area (Å²) in [5.41, 5.74) is 0.696. The summed E-state index contributed by atoms with van der Waals surface area (Å²) in [5, 5.41) is 6.44. The summed E-state index contributed by atoms with van der Waals surface area (Å²) in [6.07, 6.45) is -1.10. The lowest BCUT2D eigenvalue weighted by molar-refractivity contribution is -0.144. The van der Waals surface area contributed by atoms with Crippen molar-refractivity contribution in [1.82, 2.24) is 15.1 Å². The topological polar surface area (TPSA) is 46.9 Å². The van der Waals surface area contributed by atoms with Gasteiger partial charge < -0.3 is 5.32 Å². The smallest absolute Gasteiger partial charge is 0.345 e. The fourth-order valence-corrected chi connectivity index (χ4v) is 3.23. The lowest BCUT2D eigenvalue weighted by atomic mass is 9.87. The van der Waals surface area contributed by atoms with E-state index in [0.29, 0.717) is 6.42 Å². The highest BCUT2D eigenvalue weighted by Gasteiger charge is 2.40. The number of nitrogens with one attached hydrogen (secondary N) is 1. The number of nitrogens with zero attached hydrogens (tertiary/aromatic N) is 2. The Bertz CT molecular complexity index is 752. The molecule has 128 valence electrons. The number of carbonyl (C=O) groups is 1. The molecule has 0 fully saturated rings. The number of aromatic nitrogens is 2. The molecule has 1 aromatic heterocycles. The molecule has 0 saturated carbocycles. The molecule has 0 aliphatic heterocycles. The van der Waals surface area contributed by atoms with Crippen LogP contribution in [0, 0.1) is 0 Å². The van der Waals surface area contributed by atoms with Crippen LogP contribution < -0.4 is 5.32 Å². The number of hydrogen-bond donors (Lipinski definition) is 1. The number of rotatable bonds is 3. The van der Waals surface area contributed by atoms with Crippen LogP contribution >= 0.6 is 0 Å². The summed E-state index contributed by atoms with van der Waals surface area (Å²) < 4.78 is 40.6. The summed E-state index contributed by atoms with van der Waals surface area (Å²) >= 11 is 0. The number of amides is 1. The standard InChI is InChI=1S/C17H18F3N3O/c1-2-23-15(17(18,19)20)13(10-21-23)16(24)22-14-9-5-7-11-6-3-4-8-12(11)14/h3-4,6,8,10,14H,2,5,7,9H2,1H3,(H,22,24). The van der Waals surface area contributed by atoms with Gasteiger partial charge in [0.25, 0.3) is 5.91 Å². The predicted octanol–water partition coefficient (Wildman–Crippen LogP) is 3.73. The maximum absolute atomic E-state index is 13.3. The Morgan fingerprint density at radius 1 is 1.38 bits per heavy atom. The molecule has 1 unspecified atom stereocenters. The van der Waals surface area contributed by atoms with Gasteiger partial charge in [-0.05, 0) is 37.3 Å². The van der Waals surface area contributed by atoms with Crippen LogP contribution in [0.2, 0.25) is 0 Å². The summed E-state index contributed by atoms with van der Waals surface area (Å²) in [6, 6.07) is 7.44. The van der Waals surface area contributed by atoms with Gasteiger partial charge in [-0.1, -0.05) is 24.3 Å². The van der Waals surface area contributed by atoms with Crippen molar-refractivity contribution in [1.29, 1.82) is 0 Å². The molecule has 1 N–H and O–H groups in total. The van der Waals surface area contributed by atoms with E-state index in [2.05, 4.69) is 10.4 Å². The molecule has 1 aromatic carbocycles. The minimum atomic E-state index is -4.62. The molecule has 1 heterocycles. The second kappa shape index (κ2) is 6.30. The molecule has 0 saturated heterocycles. The van der Waals surface area contributed by atoms with E-state index in [4.69, 9.17) is 0 Å². The summed E-state index contributed by atoms with van der Waals surface area (Å²) in [5.74, 6) is -0.733. The maximum Gasteiger partial charge on any atom is 0.433 e. The van der Waals surface area contributed by atoms with E-state index in [1.165, 1.54) is 0 Å². The average molecular weight is 337 g/mol. The molecule has 1 aliphatic carbocycles. The number of halogens is 3. The Morgan fingerprint density at radius 3 is 2.83 bits per heavy atom. The first-order valence-corrected chi connectivity index (χ1v) is 7.93. The molecule has 0 radical (unpaired) electrons. The third kappa shape index (κ3) is 3.02. The molecule has 0 spiro atoms. The fraction of sp³-hybridized carbons (Fsp3) is 0.412. The molecule has 24 heavy (non-hydrogen) atoms. The number of fused-ring (bicyclic) bond motifs is 1. The zero-order valence-electron chi connectivity index (χ0n) is 13.2. The van der Waals surface area contributed by atoms with Gasteiger partial charge in [0.15, 0.2) is 5.69 Å². The molecule has 0 bridgehead atoms. The van der Waals surface area contributed by atoms with Crippen molar-refractivity contribution < 1.29 is 18.0 Å². The Morgan fingerprint density at radius 2 is 2.12 bits per heavy atom. The van der Waals surface area contributed by atoms with E-state index in [1.807, 2.05) is 24.3 Å². The quantitative estimate of drug-likeness (QED) is 0.928. The van der Waals surface area contributed by atoms with Crippen LogP contribution in [0.5, 0.6) is 0 Å². The van der Waals surface area contributed by atoms with E-state index >= 15 is 0 Å². The number of benzene rings is 1. The third-order valence-corrected chi connectivity index (χ3v) is 4.33. The Balaban J connectivity index is 1.88. The molecule has 7 heteroatoms. The van der Waals surface area contributed by atoms with Crippen LogP contribution in [0.1, 0.15) is 53.0 Å². The molecule has 1 amide bonds. The highest BCUT2D eigenvalue weighted by molar-refractivity contribution is 5.95. The van der Waals surface area contributed by atoms with Gasteiger partial charge in [0, 0.05) is 6.54 Å². The van der Waals surface area contributed by atoms with Crippen molar-refractivity contribution in [2.75, 3.05) is 0 Å². The summed E-state index contributed by atoms with van der Waals surface area (Å²) in [7, 11) is 0. The first-order valence-electron chi connectivity index (χ1n) is 7.93. The number of carbonyl (C=O) groups excluding carboxylic acids is 1. The van der Waals surface area contributed by atoms with Crippen molar-refractivity contribution in [3.05, 3.63) is 52.8 Å². The Hall–Kier alpha value is -2.31. The summed E-state index contributed by atoms with van der Waals surface area (Å²) in [6.45, 7) is 1.61. The van der Waals surface area contributed by atoms with Gasteiger partial charge >= 0.3 is 6.18 Å². The van der Waals surface area contributed by atoms with Crippen molar-refractivity contribution in [3.63, 3.8) is 0 Å². The first-order chi connectivity index (χ1) is 11.4. The largest absolute Gasteiger partial charge is 0.433 e. The summed E-state index contributed by atoms with van der Waals surface area (Å²) in [4.78, 5) is 12.5. The van der Waals surface area contributed by atoms with Gasteiger partial charge in [0.05, 0.1) is 17.8 Å². The van der Waals surface area contributed by atoms with Crippen LogP contribution in [0.25, 0.3) is 0 Å². The van der Waals surface area contributed by atoms with Crippen molar-refractivity contribution in [2.45, 2.75) is 44.9 Å². The van der Waals surface area contributed by atoms with Gasteiger partial charge in [0.1, 0.15) is 0 Å². The number of hydrogen-bond acceptors (Lipinski definition) is 2. The van der Waals surface area contributed by atoms with E-state index in [-0.39, 0.29) is 12.6 Å². The molecule has 1 aliphatic rings. The first kappa shape index (κ1) is 16.5. The zero-order chi connectivity index (χ0) is 17.3. The Kier molecular flexibility index (Phi) is 4.34. The van der Waals surface area contributed by atoms with E-state index in [9.17, 15) is 18.0 Å². The second-order valence-electron chi connectivity index (χ2n) is 5.84. The van der Waals surface area contributed by atoms with E-state index in [1.54, 1.807) is 6.92 Å². The molecular formula is C17H18F3N3O. The van der Waals surface area contributed by atoms with Crippen LogP contribution in [0.3, 0.4) is 0 Å². The monoisotopic (exact) mass is 337 g/mol. The van der Waals surface area contributed by atoms with E-state index < -0.39 is 23.3 Å². The van der Waals surface area contributed by atoms with Crippen LogP contribution in [-0.2, 0) is 19.1 Å². The van der Waals surface area contributed by atoms with E-state index in [0.717, 1.165) is 34.8 Å². The van der Waals surface area contributed by atoms with Gasteiger partial charge in [-0.2, -0.15) is 18.3 Å². The minimum absolute atomic E-state index is 0.0500. The maximum atomic E-state index is 13.3. The van der Waals surface area contributed by atoms with Crippen LogP contribution in [-0.4, -0.2) is 15.7 Å². The Labute approximate surface area is 137 Å². The zero-order valence-corrected chi connectivity index (χ0v) is 13.2. The lowest BCUT2D eigenvalue weighted by Crippen LogP contribution is -2.32. The van der Waals surface area contributed by atoms with Gasteiger partial charge in [0.2, 0.25) is 0 Å². The third-order valence-electron chi connectivity index (χ3n) is 4.33. The number of alkyl halides is 3. The van der Waals surface area contributed by atoms with Gasteiger partial charge in [-0.25, -0.2) is 0 Å². The predicted molar refractivity (Wildman–Crippen MR) is 82.5 cm³/mol. The van der Waals surface area contributed by atoms with Crippen molar-refractivity contribution in [2.24, 2.45) is 0 Å². The van der Waals surface area contributed by atoms with Crippen LogP contribution in [0.4, 0.5) is 13.2 Å². The van der Waals surface area contributed by atoms with Crippen LogP contribution in [0.15, 0.2) is 30.5 Å². The number of aryl methyl sites for hydroxylation is 2. The molecule has 4 nitrogen and oxygen atoms in total. The molecule has 2 aromatic rings. The van der Waals surface area contributed by atoms with Gasteiger partial charge in [-0.3, -0.25) is 9.48 Å². The van der Waals surface area contributed by atoms with Gasteiger partial charge in [-0.15, -0.1) is 0 Å². The minimum Gasteiger partial charge on any atom is -0.345 e.